The lowest BCUT2D eigenvalue weighted by molar-refractivity contribution is 0.0667. The number of hydrogen-bond donors (Lipinski definition) is 1. The number of hydrogen-bond acceptors (Lipinski definition) is 3. The van der Waals surface area contributed by atoms with Crippen LogP contribution in [0.5, 0.6) is 0 Å². The first-order chi connectivity index (χ1) is 7.92. The Balaban J connectivity index is 2.33. The van der Waals surface area contributed by atoms with Crippen molar-refractivity contribution in [2.75, 3.05) is 33.4 Å². The third kappa shape index (κ3) is 5.84. The lowest BCUT2D eigenvalue weighted by atomic mass is 9.95. The number of ether oxygens (including phenoxy) is 1. The van der Waals surface area contributed by atoms with Crippen molar-refractivity contribution in [2.24, 2.45) is 5.92 Å². The molecular formula is C14H30N2O. The lowest BCUT2D eigenvalue weighted by Crippen LogP contribution is -2.47. The van der Waals surface area contributed by atoms with E-state index < -0.39 is 0 Å². The Morgan fingerprint density at radius 3 is 2.71 bits per heavy atom. The molecule has 0 radical (unpaired) electrons. The van der Waals surface area contributed by atoms with Gasteiger partial charge in [-0.25, -0.2) is 0 Å². The quantitative estimate of drug-likeness (QED) is 0.799. The van der Waals surface area contributed by atoms with E-state index in [1.807, 2.05) is 0 Å². The fraction of sp³-hybridized carbons (Fsp3) is 1.00. The van der Waals surface area contributed by atoms with E-state index >= 15 is 0 Å². The van der Waals surface area contributed by atoms with Gasteiger partial charge in [-0.3, -0.25) is 4.90 Å². The van der Waals surface area contributed by atoms with Gasteiger partial charge in [0, 0.05) is 25.2 Å². The average Bonchev–Trinajstić information content (AvgIpc) is 2.26. The molecule has 1 aliphatic rings. The minimum absolute atomic E-state index is 0.237. The van der Waals surface area contributed by atoms with Gasteiger partial charge in [0.1, 0.15) is 0 Å². The van der Waals surface area contributed by atoms with E-state index in [0.717, 1.165) is 19.1 Å². The van der Waals surface area contributed by atoms with E-state index in [0.29, 0.717) is 6.04 Å². The van der Waals surface area contributed by atoms with Crippen molar-refractivity contribution in [3.05, 3.63) is 0 Å². The average molecular weight is 242 g/mol. The SMILES string of the molecule is COCC(C)N1CCCC(CNC(C)(C)C)C1. The molecule has 17 heavy (non-hydrogen) atoms. The van der Waals surface area contributed by atoms with Crippen molar-refractivity contribution in [3.8, 4) is 0 Å². The fourth-order valence-corrected chi connectivity index (χ4v) is 2.46. The molecule has 1 fully saturated rings. The molecule has 0 spiro atoms. The zero-order valence-corrected chi connectivity index (χ0v) is 12.3. The van der Waals surface area contributed by atoms with Crippen LogP contribution in [0.3, 0.4) is 0 Å². The van der Waals surface area contributed by atoms with Gasteiger partial charge in [-0.2, -0.15) is 0 Å². The Bertz CT molecular complexity index is 213. The minimum atomic E-state index is 0.237. The number of likely N-dealkylation sites (tertiary alicyclic amines) is 1. The topological polar surface area (TPSA) is 24.5 Å². The van der Waals surface area contributed by atoms with Crippen molar-refractivity contribution in [1.82, 2.24) is 10.2 Å². The Labute approximate surface area is 107 Å². The predicted octanol–water partition coefficient (Wildman–Crippen LogP) is 2.12. The van der Waals surface area contributed by atoms with Gasteiger partial charge < -0.3 is 10.1 Å². The van der Waals surface area contributed by atoms with E-state index in [1.54, 1.807) is 7.11 Å². The van der Waals surface area contributed by atoms with Crippen molar-refractivity contribution in [1.29, 1.82) is 0 Å². The van der Waals surface area contributed by atoms with Crippen LogP contribution in [0.25, 0.3) is 0 Å². The lowest BCUT2D eigenvalue weighted by Gasteiger charge is -2.37. The van der Waals surface area contributed by atoms with Crippen LogP contribution < -0.4 is 5.32 Å². The molecular weight excluding hydrogens is 212 g/mol. The number of nitrogens with zero attached hydrogens (tertiary/aromatic N) is 1. The molecule has 3 nitrogen and oxygen atoms in total. The maximum atomic E-state index is 5.25. The van der Waals surface area contributed by atoms with E-state index in [-0.39, 0.29) is 5.54 Å². The minimum Gasteiger partial charge on any atom is -0.383 e. The van der Waals surface area contributed by atoms with Gasteiger partial charge in [0.05, 0.1) is 6.61 Å². The Kier molecular flexibility index (Phi) is 5.90. The molecule has 0 aromatic heterocycles. The summed E-state index contributed by atoms with van der Waals surface area (Å²) >= 11 is 0. The zero-order valence-electron chi connectivity index (χ0n) is 12.3. The van der Waals surface area contributed by atoms with Gasteiger partial charge >= 0.3 is 0 Å². The molecule has 2 atom stereocenters. The molecule has 102 valence electrons. The number of nitrogens with one attached hydrogen (secondary N) is 1. The highest BCUT2D eigenvalue weighted by Gasteiger charge is 2.24. The maximum absolute atomic E-state index is 5.25. The summed E-state index contributed by atoms with van der Waals surface area (Å²) in [6.07, 6.45) is 2.68. The van der Waals surface area contributed by atoms with Gasteiger partial charge in [-0.1, -0.05) is 0 Å². The molecule has 0 amide bonds. The van der Waals surface area contributed by atoms with Crippen LogP contribution in [-0.4, -0.2) is 49.8 Å². The highest BCUT2D eigenvalue weighted by molar-refractivity contribution is 4.80. The van der Waals surface area contributed by atoms with Crippen molar-refractivity contribution in [3.63, 3.8) is 0 Å². The fourth-order valence-electron chi connectivity index (χ4n) is 2.46. The van der Waals surface area contributed by atoms with Crippen LogP contribution >= 0.6 is 0 Å². The first kappa shape index (κ1) is 14.9. The second-order valence-corrected chi connectivity index (χ2v) is 6.44. The summed E-state index contributed by atoms with van der Waals surface area (Å²) in [6, 6.07) is 0.553. The zero-order chi connectivity index (χ0) is 12.9. The van der Waals surface area contributed by atoms with Crippen LogP contribution in [0, 0.1) is 5.92 Å². The number of piperidine rings is 1. The molecule has 0 aliphatic carbocycles. The molecule has 0 bridgehead atoms. The van der Waals surface area contributed by atoms with E-state index in [4.69, 9.17) is 4.74 Å². The monoisotopic (exact) mass is 242 g/mol. The van der Waals surface area contributed by atoms with Crippen molar-refractivity contribution >= 4 is 0 Å². The van der Waals surface area contributed by atoms with Crippen LogP contribution in [0.4, 0.5) is 0 Å². The normalized spacial score (nSPS) is 24.9. The Morgan fingerprint density at radius 2 is 2.12 bits per heavy atom. The van der Waals surface area contributed by atoms with Crippen LogP contribution in [0.2, 0.25) is 0 Å². The standard InChI is InChI=1S/C14H30N2O/c1-12(11-17-5)16-8-6-7-13(10-16)9-15-14(2,3)4/h12-13,15H,6-11H2,1-5H3. The predicted molar refractivity (Wildman–Crippen MR) is 73.4 cm³/mol. The molecule has 0 aromatic rings. The van der Waals surface area contributed by atoms with E-state index in [1.165, 1.54) is 25.9 Å². The summed E-state index contributed by atoms with van der Waals surface area (Å²) in [5.41, 5.74) is 0.237. The smallest absolute Gasteiger partial charge is 0.0615 e. The van der Waals surface area contributed by atoms with Crippen LogP contribution in [0.1, 0.15) is 40.5 Å². The Hall–Kier alpha value is -0.120. The summed E-state index contributed by atoms with van der Waals surface area (Å²) < 4.78 is 5.25. The second-order valence-electron chi connectivity index (χ2n) is 6.44. The largest absolute Gasteiger partial charge is 0.383 e. The first-order valence-electron chi connectivity index (χ1n) is 6.90. The van der Waals surface area contributed by atoms with Crippen molar-refractivity contribution in [2.45, 2.75) is 52.1 Å². The van der Waals surface area contributed by atoms with Gasteiger partial charge in [0.15, 0.2) is 0 Å². The number of methoxy groups -OCH3 is 1. The molecule has 0 aromatic carbocycles. The summed E-state index contributed by atoms with van der Waals surface area (Å²) in [5, 5.41) is 3.63. The Morgan fingerprint density at radius 1 is 1.41 bits per heavy atom. The van der Waals surface area contributed by atoms with E-state index in [9.17, 15) is 0 Å². The summed E-state index contributed by atoms with van der Waals surface area (Å²) in [5.74, 6) is 0.794. The highest BCUT2D eigenvalue weighted by atomic mass is 16.5. The van der Waals surface area contributed by atoms with Crippen LogP contribution in [-0.2, 0) is 4.74 Å². The molecule has 1 saturated heterocycles. The second kappa shape index (κ2) is 6.72. The molecule has 1 heterocycles. The van der Waals surface area contributed by atoms with Gasteiger partial charge in [-0.05, 0) is 59.5 Å². The van der Waals surface area contributed by atoms with Crippen LogP contribution in [0.15, 0.2) is 0 Å². The molecule has 2 unspecified atom stereocenters. The first-order valence-corrected chi connectivity index (χ1v) is 6.90. The van der Waals surface area contributed by atoms with Gasteiger partial charge in [0.2, 0.25) is 0 Å². The molecule has 1 aliphatic heterocycles. The molecule has 1 N–H and O–H groups in total. The molecule has 0 saturated carbocycles. The third-order valence-electron chi connectivity index (χ3n) is 3.50. The molecule has 3 heteroatoms. The third-order valence-corrected chi connectivity index (χ3v) is 3.50. The number of rotatable bonds is 5. The van der Waals surface area contributed by atoms with Gasteiger partial charge in [-0.15, -0.1) is 0 Å². The molecule has 1 rings (SSSR count). The highest BCUT2D eigenvalue weighted by Crippen LogP contribution is 2.18. The summed E-state index contributed by atoms with van der Waals surface area (Å²) in [6.45, 7) is 13.4. The summed E-state index contributed by atoms with van der Waals surface area (Å²) in [4.78, 5) is 2.57. The summed E-state index contributed by atoms with van der Waals surface area (Å²) in [7, 11) is 1.79. The van der Waals surface area contributed by atoms with Crippen molar-refractivity contribution < 1.29 is 4.74 Å². The maximum Gasteiger partial charge on any atom is 0.0615 e. The van der Waals surface area contributed by atoms with Gasteiger partial charge in [0.25, 0.3) is 0 Å². The van der Waals surface area contributed by atoms with E-state index in [2.05, 4.69) is 37.9 Å².